The van der Waals surface area contributed by atoms with Crippen LogP contribution in [0.3, 0.4) is 0 Å². The van der Waals surface area contributed by atoms with Crippen molar-refractivity contribution in [2.75, 3.05) is 37.0 Å². The zero-order chi connectivity index (χ0) is 14.7. The molecule has 2 heterocycles. The molecule has 0 aliphatic carbocycles. The summed E-state index contributed by atoms with van der Waals surface area (Å²) < 4.78 is 0. The topological polar surface area (TPSA) is 74.5 Å². The van der Waals surface area contributed by atoms with Gasteiger partial charge in [-0.3, -0.25) is 4.79 Å². The second-order valence-electron chi connectivity index (χ2n) is 4.71. The van der Waals surface area contributed by atoms with Gasteiger partial charge in [0.15, 0.2) is 5.82 Å². The van der Waals surface area contributed by atoms with Crippen LogP contribution >= 0.6 is 23.2 Å². The van der Waals surface area contributed by atoms with Gasteiger partial charge in [-0.25, -0.2) is 10.8 Å². The van der Waals surface area contributed by atoms with E-state index in [9.17, 15) is 4.79 Å². The molecule has 20 heavy (non-hydrogen) atoms. The molecule has 1 aliphatic rings. The fraction of sp³-hybridized carbons (Fsp3) is 0.500. The molecule has 0 spiro atoms. The Morgan fingerprint density at radius 2 is 2.10 bits per heavy atom. The molecule has 1 aliphatic heterocycles. The van der Waals surface area contributed by atoms with Gasteiger partial charge in [-0.2, -0.15) is 0 Å². The van der Waals surface area contributed by atoms with Crippen LogP contribution in [0.5, 0.6) is 0 Å². The smallest absolute Gasteiger partial charge is 0.242 e. The summed E-state index contributed by atoms with van der Waals surface area (Å²) in [5, 5.41) is 0.714. The summed E-state index contributed by atoms with van der Waals surface area (Å²) in [6.45, 7) is 1.87. The third-order valence-corrected chi connectivity index (χ3v) is 3.81. The SMILES string of the molecule is CN(CC(=O)N1CCCC1)c1nc(NN)c(Cl)cc1Cl. The molecule has 1 aromatic rings. The van der Waals surface area contributed by atoms with Crippen LogP contribution in [0.25, 0.3) is 0 Å². The number of hydrogen-bond acceptors (Lipinski definition) is 5. The molecule has 0 aromatic carbocycles. The van der Waals surface area contributed by atoms with E-state index in [4.69, 9.17) is 29.0 Å². The average molecular weight is 318 g/mol. The number of anilines is 2. The third kappa shape index (κ3) is 3.26. The van der Waals surface area contributed by atoms with Crippen LogP contribution in [0.2, 0.25) is 10.0 Å². The number of carbonyl (C=O) groups excluding carboxylic acids is 1. The number of nitrogens with zero attached hydrogens (tertiary/aromatic N) is 3. The lowest BCUT2D eigenvalue weighted by molar-refractivity contribution is -0.128. The number of rotatable bonds is 4. The van der Waals surface area contributed by atoms with Gasteiger partial charge >= 0.3 is 0 Å². The first-order chi connectivity index (χ1) is 9.52. The van der Waals surface area contributed by atoms with E-state index >= 15 is 0 Å². The van der Waals surface area contributed by atoms with Gasteiger partial charge in [-0.15, -0.1) is 0 Å². The first-order valence-corrected chi connectivity index (χ1v) is 7.10. The maximum Gasteiger partial charge on any atom is 0.242 e. The monoisotopic (exact) mass is 317 g/mol. The van der Waals surface area contributed by atoms with E-state index in [1.54, 1.807) is 18.0 Å². The van der Waals surface area contributed by atoms with Crippen LogP contribution < -0.4 is 16.2 Å². The van der Waals surface area contributed by atoms with Gasteiger partial charge in [0.2, 0.25) is 5.91 Å². The molecule has 0 bridgehead atoms. The Kier molecular flexibility index (Phi) is 4.91. The summed E-state index contributed by atoms with van der Waals surface area (Å²) in [5.74, 6) is 6.20. The predicted octanol–water partition coefficient (Wildman–Crippen LogP) is 1.73. The number of amides is 1. The number of hydrazine groups is 1. The molecule has 8 heteroatoms. The molecule has 1 amide bonds. The lowest BCUT2D eigenvalue weighted by atomic mass is 10.4. The lowest BCUT2D eigenvalue weighted by Gasteiger charge is -2.23. The summed E-state index contributed by atoms with van der Waals surface area (Å²) in [7, 11) is 1.76. The van der Waals surface area contributed by atoms with E-state index in [0.29, 0.717) is 21.7 Å². The Balaban J connectivity index is 2.12. The number of likely N-dealkylation sites (N-methyl/N-ethyl adjacent to an activating group) is 1. The minimum Gasteiger partial charge on any atom is -0.349 e. The molecule has 2 rings (SSSR count). The highest BCUT2D eigenvalue weighted by atomic mass is 35.5. The van der Waals surface area contributed by atoms with Gasteiger partial charge in [0.05, 0.1) is 16.6 Å². The summed E-state index contributed by atoms with van der Waals surface area (Å²) >= 11 is 12.0. The number of nitrogens with two attached hydrogens (primary N) is 1. The zero-order valence-corrected chi connectivity index (χ0v) is 12.7. The molecule has 0 radical (unpaired) electrons. The quantitative estimate of drug-likeness (QED) is 0.653. The van der Waals surface area contributed by atoms with Crippen molar-refractivity contribution in [3.8, 4) is 0 Å². The molecule has 0 atom stereocenters. The first-order valence-electron chi connectivity index (χ1n) is 6.34. The van der Waals surface area contributed by atoms with Crippen LogP contribution in [-0.2, 0) is 4.79 Å². The summed E-state index contributed by atoms with van der Waals surface area (Å²) in [4.78, 5) is 19.9. The van der Waals surface area contributed by atoms with Crippen LogP contribution in [0.1, 0.15) is 12.8 Å². The van der Waals surface area contributed by atoms with Crippen molar-refractivity contribution in [2.45, 2.75) is 12.8 Å². The fourth-order valence-corrected chi connectivity index (χ4v) is 2.73. The Hall–Kier alpha value is -1.24. The Labute approximate surface area is 127 Å². The summed E-state index contributed by atoms with van der Waals surface area (Å²) in [6.07, 6.45) is 2.13. The molecule has 1 aromatic heterocycles. The molecule has 6 nitrogen and oxygen atoms in total. The van der Waals surface area contributed by atoms with E-state index in [0.717, 1.165) is 25.9 Å². The van der Waals surface area contributed by atoms with Crippen LogP contribution in [0, 0.1) is 0 Å². The van der Waals surface area contributed by atoms with Gasteiger partial charge in [0.1, 0.15) is 5.82 Å². The molecule has 0 unspecified atom stereocenters. The van der Waals surface area contributed by atoms with Gasteiger partial charge in [-0.1, -0.05) is 23.2 Å². The number of halogens is 2. The number of hydrogen-bond donors (Lipinski definition) is 2. The van der Waals surface area contributed by atoms with Crippen LogP contribution in [-0.4, -0.2) is 42.5 Å². The molecule has 110 valence electrons. The molecule has 0 saturated carbocycles. The van der Waals surface area contributed by atoms with Crippen molar-refractivity contribution in [3.05, 3.63) is 16.1 Å². The minimum absolute atomic E-state index is 0.0695. The van der Waals surface area contributed by atoms with Gasteiger partial charge < -0.3 is 15.2 Å². The predicted molar refractivity (Wildman–Crippen MR) is 81.2 cm³/mol. The van der Waals surface area contributed by atoms with Gasteiger partial charge in [0, 0.05) is 20.1 Å². The number of aromatic nitrogens is 1. The third-order valence-electron chi connectivity index (χ3n) is 3.24. The summed E-state index contributed by atoms with van der Waals surface area (Å²) in [6, 6.07) is 1.55. The molecule has 1 fully saturated rings. The fourth-order valence-electron chi connectivity index (χ4n) is 2.17. The standard InChI is InChI=1S/C12H17Cl2N5O/c1-18(7-10(20)19-4-2-3-5-19)12-9(14)6-8(13)11(16-12)17-15/h6H,2-5,7,15H2,1H3,(H,16,17). The van der Waals surface area contributed by atoms with Crippen LogP contribution in [0.15, 0.2) is 6.07 Å². The van der Waals surface area contributed by atoms with Gasteiger partial charge in [0.25, 0.3) is 0 Å². The highest BCUT2D eigenvalue weighted by Gasteiger charge is 2.21. The number of pyridine rings is 1. The largest absolute Gasteiger partial charge is 0.349 e. The highest BCUT2D eigenvalue weighted by molar-refractivity contribution is 6.37. The molecule has 3 N–H and O–H groups in total. The maximum atomic E-state index is 12.1. The van der Waals surface area contributed by atoms with E-state index in [2.05, 4.69) is 10.4 Å². The minimum atomic E-state index is 0.0695. The Bertz CT molecular complexity index is 505. The molecule has 1 saturated heterocycles. The number of likely N-dealkylation sites (tertiary alicyclic amines) is 1. The number of carbonyl (C=O) groups is 1. The van der Waals surface area contributed by atoms with Crippen molar-refractivity contribution < 1.29 is 4.79 Å². The normalized spacial score (nSPS) is 14.5. The maximum absolute atomic E-state index is 12.1. The number of nitrogens with one attached hydrogen (secondary N) is 1. The zero-order valence-electron chi connectivity index (χ0n) is 11.2. The van der Waals surface area contributed by atoms with E-state index in [-0.39, 0.29) is 12.5 Å². The van der Waals surface area contributed by atoms with Crippen molar-refractivity contribution >= 4 is 40.7 Å². The van der Waals surface area contributed by atoms with Crippen molar-refractivity contribution in [1.29, 1.82) is 0 Å². The average Bonchev–Trinajstić information content (AvgIpc) is 2.92. The Morgan fingerprint density at radius 3 is 2.70 bits per heavy atom. The number of nitrogen functional groups attached to an aromatic ring is 1. The van der Waals surface area contributed by atoms with E-state index < -0.39 is 0 Å². The van der Waals surface area contributed by atoms with Gasteiger partial charge in [-0.05, 0) is 18.9 Å². The van der Waals surface area contributed by atoms with Crippen molar-refractivity contribution in [3.63, 3.8) is 0 Å². The van der Waals surface area contributed by atoms with Crippen molar-refractivity contribution in [1.82, 2.24) is 9.88 Å². The first kappa shape index (κ1) is 15.2. The molecular formula is C12H17Cl2N5O. The Morgan fingerprint density at radius 1 is 1.45 bits per heavy atom. The lowest BCUT2D eigenvalue weighted by Crippen LogP contribution is -2.37. The van der Waals surface area contributed by atoms with E-state index in [1.807, 2.05) is 4.90 Å². The molecular weight excluding hydrogens is 301 g/mol. The second kappa shape index (κ2) is 6.47. The van der Waals surface area contributed by atoms with E-state index in [1.165, 1.54) is 0 Å². The van der Waals surface area contributed by atoms with Crippen LogP contribution in [0.4, 0.5) is 11.6 Å². The van der Waals surface area contributed by atoms with Crippen molar-refractivity contribution in [2.24, 2.45) is 5.84 Å². The summed E-state index contributed by atoms with van der Waals surface area (Å²) in [5.41, 5.74) is 2.40. The second-order valence-corrected chi connectivity index (χ2v) is 5.53. The highest BCUT2D eigenvalue weighted by Crippen LogP contribution is 2.30.